The number of aliphatic imine (C=N–C) groups is 1. The molecule has 1 saturated heterocycles. The highest BCUT2D eigenvalue weighted by molar-refractivity contribution is 9.10. The molecule has 4 rings (SSSR count). The van der Waals surface area contributed by atoms with E-state index in [2.05, 4.69) is 43.8 Å². The molecule has 2 aliphatic rings. The topological polar surface area (TPSA) is 49.6 Å². The van der Waals surface area contributed by atoms with E-state index in [1.54, 1.807) is 0 Å². The van der Waals surface area contributed by atoms with Gasteiger partial charge in [-0.15, -0.1) is 0 Å². The van der Waals surface area contributed by atoms with E-state index in [0.29, 0.717) is 12.5 Å². The monoisotopic (exact) mass is 402 g/mol. The number of rotatable bonds is 3. The van der Waals surface area contributed by atoms with Gasteiger partial charge in [-0.25, -0.2) is 0 Å². The average Bonchev–Trinajstić information content (AvgIpc) is 3.24. The smallest absolute Gasteiger partial charge is 0.256 e. The van der Waals surface area contributed by atoms with Crippen molar-refractivity contribution >= 4 is 38.6 Å². The summed E-state index contributed by atoms with van der Waals surface area (Å²) in [5.41, 5.74) is 1.87. The van der Waals surface area contributed by atoms with Crippen LogP contribution in [-0.4, -0.2) is 47.4 Å². The Balaban J connectivity index is 1.69. The molecule has 1 N–H and O–H groups in total. The Hall–Kier alpha value is -1.82. The fraction of sp³-hybridized carbons (Fsp3) is 0.474. The number of likely N-dealkylation sites (tertiary alicyclic amines) is 1. The highest BCUT2D eigenvalue weighted by Gasteiger charge is 2.24. The SMILES string of the molecule is CC1CCN(C(=O)c2cn(CC3=NCCN3)c3cc(Br)ccc23)CC1. The molecule has 2 aliphatic heterocycles. The summed E-state index contributed by atoms with van der Waals surface area (Å²) in [6.45, 7) is 6.39. The lowest BCUT2D eigenvalue weighted by molar-refractivity contribution is 0.0699. The van der Waals surface area contributed by atoms with E-state index in [4.69, 9.17) is 0 Å². The van der Waals surface area contributed by atoms with Crippen LogP contribution >= 0.6 is 15.9 Å². The number of fused-ring (bicyclic) bond motifs is 1. The van der Waals surface area contributed by atoms with E-state index < -0.39 is 0 Å². The first-order valence-electron chi connectivity index (χ1n) is 8.96. The quantitative estimate of drug-likeness (QED) is 0.855. The summed E-state index contributed by atoms with van der Waals surface area (Å²) >= 11 is 3.55. The number of piperidine rings is 1. The van der Waals surface area contributed by atoms with Crippen LogP contribution < -0.4 is 5.32 Å². The van der Waals surface area contributed by atoms with E-state index in [-0.39, 0.29) is 5.91 Å². The Morgan fingerprint density at radius 2 is 2.16 bits per heavy atom. The molecule has 1 amide bonds. The number of carbonyl (C=O) groups is 1. The van der Waals surface area contributed by atoms with Crippen molar-refractivity contribution in [3.63, 3.8) is 0 Å². The Morgan fingerprint density at radius 3 is 2.88 bits per heavy atom. The van der Waals surface area contributed by atoms with E-state index in [1.807, 2.05) is 23.2 Å². The number of nitrogens with zero attached hydrogens (tertiary/aromatic N) is 3. The molecular weight excluding hydrogens is 380 g/mol. The normalized spacial score (nSPS) is 18.5. The largest absolute Gasteiger partial charge is 0.370 e. The standard InChI is InChI=1S/C19H23BrN4O/c1-13-4-8-23(9-5-13)19(25)16-11-24(12-18-21-6-7-22-18)17-10-14(20)2-3-15(16)17/h2-3,10-11,13H,4-9,12H2,1H3,(H,21,22). The van der Waals surface area contributed by atoms with Crippen LogP contribution in [0.2, 0.25) is 0 Å². The number of amidine groups is 1. The van der Waals surface area contributed by atoms with Crippen LogP contribution in [0.25, 0.3) is 10.9 Å². The lowest BCUT2D eigenvalue weighted by Gasteiger charge is -2.30. The van der Waals surface area contributed by atoms with Crippen LogP contribution in [0.1, 0.15) is 30.1 Å². The van der Waals surface area contributed by atoms with E-state index >= 15 is 0 Å². The third-order valence-corrected chi connectivity index (χ3v) is 5.70. The lowest BCUT2D eigenvalue weighted by atomic mass is 9.98. The van der Waals surface area contributed by atoms with Crippen molar-refractivity contribution < 1.29 is 4.79 Å². The van der Waals surface area contributed by atoms with Gasteiger partial charge >= 0.3 is 0 Å². The molecule has 5 nitrogen and oxygen atoms in total. The van der Waals surface area contributed by atoms with Crippen LogP contribution in [0.15, 0.2) is 33.9 Å². The molecule has 0 spiro atoms. The molecule has 0 radical (unpaired) electrons. The van der Waals surface area contributed by atoms with Crippen LogP contribution in [0.4, 0.5) is 0 Å². The third kappa shape index (κ3) is 3.32. The van der Waals surface area contributed by atoms with Crippen LogP contribution in [0.5, 0.6) is 0 Å². The number of carbonyl (C=O) groups excluding carboxylic acids is 1. The van der Waals surface area contributed by atoms with Crippen molar-refractivity contribution in [1.82, 2.24) is 14.8 Å². The van der Waals surface area contributed by atoms with Crippen molar-refractivity contribution in [2.45, 2.75) is 26.3 Å². The number of amides is 1. The van der Waals surface area contributed by atoms with E-state index in [0.717, 1.165) is 65.8 Å². The van der Waals surface area contributed by atoms with Gasteiger partial charge in [0, 0.05) is 35.7 Å². The number of nitrogens with one attached hydrogen (secondary N) is 1. The summed E-state index contributed by atoms with van der Waals surface area (Å²) in [5.74, 6) is 1.86. The molecule has 132 valence electrons. The molecule has 3 heterocycles. The molecule has 2 aromatic rings. The molecule has 1 aromatic carbocycles. The van der Waals surface area contributed by atoms with Crippen molar-refractivity contribution in [2.75, 3.05) is 26.2 Å². The number of hydrogen-bond donors (Lipinski definition) is 1. The first-order chi connectivity index (χ1) is 12.1. The van der Waals surface area contributed by atoms with Gasteiger partial charge in [0.1, 0.15) is 5.84 Å². The molecule has 0 unspecified atom stereocenters. The minimum atomic E-state index is 0.152. The third-order valence-electron chi connectivity index (χ3n) is 5.21. The van der Waals surface area contributed by atoms with Gasteiger partial charge < -0.3 is 14.8 Å². The zero-order valence-corrected chi connectivity index (χ0v) is 16.1. The van der Waals surface area contributed by atoms with Gasteiger partial charge in [-0.05, 0) is 30.9 Å². The van der Waals surface area contributed by atoms with Crippen molar-refractivity contribution in [3.8, 4) is 0 Å². The van der Waals surface area contributed by atoms with Gasteiger partial charge in [0.05, 0.1) is 24.2 Å². The van der Waals surface area contributed by atoms with Gasteiger partial charge in [-0.1, -0.05) is 28.9 Å². The summed E-state index contributed by atoms with van der Waals surface area (Å²) in [6, 6.07) is 6.13. The van der Waals surface area contributed by atoms with E-state index in [9.17, 15) is 4.79 Å². The van der Waals surface area contributed by atoms with Gasteiger partial charge in [0.2, 0.25) is 0 Å². The van der Waals surface area contributed by atoms with Crippen molar-refractivity contribution in [3.05, 3.63) is 34.4 Å². The van der Waals surface area contributed by atoms with E-state index in [1.165, 1.54) is 0 Å². The van der Waals surface area contributed by atoms with Gasteiger partial charge in [-0.3, -0.25) is 9.79 Å². The molecule has 1 fully saturated rings. The Bertz CT molecular complexity index is 833. The summed E-state index contributed by atoms with van der Waals surface area (Å²) in [5, 5.41) is 4.33. The average molecular weight is 403 g/mol. The first kappa shape index (κ1) is 16.6. The molecule has 1 aromatic heterocycles. The number of benzene rings is 1. The molecule has 6 heteroatoms. The second-order valence-electron chi connectivity index (χ2n) is 7.06. The van der Waals surface area contributed by atoms with Gasteiger partial charge in [-0.2, -0.15) is 0 Å². The zero-order valence-electron chi connectivity index (χ0n) is 14.5. The Kier molecular flexibility index (Phi) is 4.54. The maximum Gasteiger partial charge on any atom is 0.256 e. The fourth-order valence-electron chi connectivity index (χ4n) is 3.66. The minimum absolute atomic E-state index is 0.152. The maximum absolute atomic E-state index is 13.1. The summed E-state index contributed by atoms with van der Waals surface area (Å²) < 4.78 is 3.16. The van der Waals surface area contributed by atoms with Gasteiger partial charge in [0.25, 0.3) is 5.91 Å². The summed E-state index contributed by atoms with van der Waals surface area (Å²) in [6.07, 6.45) is 4.19. The second kappa shape index (κ2) is 6.83. The molecular formula is C19H23BrN4O. The molecule has 0 saturated carbocycles. The first-order valence-corrected chi connectivity index (χ1v) is 9.76. The van der Waals surface area contributed by atoms with Crippen molar-refractivity contribution in [2.24, 2.45) is 10.9 Å². The number of aromatic nitrogens is 1. The lowest BCUT2D eigenvalue weighted by Crippen LogP contribution is -2.37. The predicted octanol–water partition coefficient (Wildman–Crippen LogP) is 3.28. The highest BCUT2D eigenvalue weighted by Crippen LogP contribution is 2.27. The molecule has 0 bridgehead atoms. The van der Waals surface area contributed by atoms with Crippen LogP contribution in [0, 0.1) is 5.92 Å². The Morgan fingerprint density at radius 1 is 1.36 bits per heavy atom. The Labute approximate surface area is 156 Å². The number of hydrogen-bond acceptors (Lipinski definition) is 3. The summed E-state index contributed by atoms with van der Waals surface area (Å²) in [7, 11) is 0. The fourth-order valence-corrected chi connectivity index (χ4v) is 4.01. The predicted molar refractivity (Wildman–Crippen MR) is 104 cm³/mol. The van der Waals surface area contributed by atoms with Crippen LogP contribution in [0.3, 0.4) is 0 Å². The van der Waals surface area contributed by atoms with Crippen molar-refractivity contribution in [1.29, 1.82) is 0 Å². The molecule has 0 atom stereocenters. The summed E-state index contributed by atoms with van der Waals surface area (Å²) in [4.78, 5) is 19.6. The zero-order chi connectivity index (χ0) is 17.4. The second-order valence-corrected chi connectivity index (χ2v) is 7.98. The minimum Gasteiger partial charge on any atom is -0.370 e. The molecule has 25 heavy (non-hydrogen) atoms. The highest BCUT2D eigenvalue weighted by atomic mass is 79.9. The molecule has 0 aliphatic carbocycles. The van der Waals surface area contributed by atoms with Gasteiger partial charge in [0.15, 0.2) is 0 Å². The van der Waals surface area contributed by atoms with Crippen LogP contribution in [-0.2, 0) is 6.54 Å². The number of halogens is 1. The maximum atomic E-state index is 13.1.